The minimum atomic E-state index is -0.320. The van der Waals surface area contributed by atoms with E-state index in [2.05, 4.69) is 4.98 Å². The Morgan fingerprint density at radius 2 is 1.82 bits per heavy atom. The third kappa shape index (κ3) is 3.98. The lowest BCUT2D eigenvalue weighted by Gasteiger charge is -2.36. The van der Waals surface area contributed by atoms with Crippen LogP contribution in [0.5, 0.6) is 11.5 Å². The molecule has 3 heterocycles. The summed E-state index contributed by atoms with van der Waals surface area (Å²) in [6, 6.07) is 14.6. The highest BCUT2D eigenvalue weighted by Gasteiger charge is 2.34. The number of carbonyl (C=O) groups excluding carboxylic acids is 2. The lowest BCUT2D eigenvalue weighted by molar-refractivity contribution is -0.135. The van der Waals surface area contributed by atoms with Crippen molar-refractivity contribution in [3.05, 3.63) is 88.0 Å². The van der Waals surface area contributed by atoms with Crippen LogP contribution in [0, 0.1) is 0 Å². The second-order valence-electron chi connectivity index (χ2n) is 9.91. The van der Waals surface area contributed by atoms with Gasteiger partial charge >= 0.3 is 0 Å². The first kappa shape index (κ1) is 24.9. The summed E-state index contributed by atoms with van der Waals surface area (Å²) in [5, 5.41) is 0.791. The number of benzene rings is 2. The number of carbonyl (C=O) groups is 2. The van der Waals surface area contributed by atoms with Crippen LogP contribution in [-0.2, 0) is 11.3 Å². The molecule has 6 rings (SSSR count). The van der Waals surface area contributed by atoms with Gasteiger partial charge in [-0.25, -0.2) is 0 Å². The van der Waals surface area contributed by atoms with E-state index in [1.807, 2.05) is 41.4 Å². The van der Waals surface area contributed by atoms with Crippen LogP contribution < -0.4 is 15.0 Å². The number of piperidine rings is 1. The summed E-state index contributed by atoms with van der Waals surface area (Å²) in [5.41, 5.74) is 2.94. The Hall–Kier alpha value is -4.46. The first-order valence-electron chi connectivity index (χ1n) is 13.2. The van der Waals surface area contributed by atoms with E-state index in [1.165, 1.54) is 14.2 Å². The number of methoxy groups -OCH3 is 2. The van der Waals surface area contributed by atoms with Gasteiger partial charge in [-0.1, -0.05) is 30.3 Å². The summed E-state index contributed by atoms with van der Waals surface area (Å²) >= 11 is 0. The van der Waals surface area contributed by atoms with Crippen molar-refractivity contribution in [2.45, 2.75) is 38.3 Å². The van der Waals surface area contributed by atoms with Crippen LogP contribution in [-0.4, -0.2) is 46.9 Å². The quantitative estimate of drug-likeness (QED) is 0.319. The van der Waals surface area contributed by atoms with E-state index in [4.69, 9.17) is 9.47 Å². The second kappa shape index (κ2) is 10.0. The molecule has 0 saturated carbocycles. The van der Waals surface area contributed by atoms with E-state index < -0.39 is 0 Å². The van der Waals surface area contributed by atoms with Gasteiger partial charge in [-0.2, -0.15) is 0 Å². The maximum atomic E-state index is 14.1. The van der Waals surface area contributed by atoms with Gasteiger partial charge in [0, 0.05) is 48.4 Å². The molecular formula is C31H29N3O5. The van der Waals surface area contributed by atoms with Gasteiger partial charge in [-0.3, -0.25) is 19.4 Å². The van der Waals surface area contributed by atoms with E-state index >= 15 is 0 Å². The summed E-state index contributed by atoms with van der Waals surface area (Å²) in [5.74, 6) is 0.504. The SMILES string of the molecule is COc1ccc2c3c(n(CCC(=O)N4CCCC[C@@H]4c4cccnc4)c(=O)c2c1OC)-c1ccccc1C3=O. The minimum absolute atomic E-state index is 0.0282. The van der Waals surface area contributed by atoms with Crippen molar-refractivity contribution in [2.75, 3.05) is 20.8 Å². The van der Waals surface area contributed by atoms with E-state index in [1.54, 1.807) is 29.0 Å². The predicted octanol–water partition coefficient (Wildman–Crippen LogP) is 4.77. The van der Waals surface area contributed by atoms with Crippen molar-refractivity contribution in [3.8, 4) is 22.8 Å². The fourth-order valence-electron chi connectivity index (χ4n) is 6.09. The van der Waals surface area contributed by atoms with Crippen LogP contribution in [0.4, 0.5) is 0 Å². The highest BCUT2D eigenvalue weighted by atomic mass is 16.5. The molecule has 0 N–H and O–H groups in total. The molecule has 1 aliphatic heterocycles. The number of hydrogen-bond donors (Lipinski definition) is 0. The first-order chi connectivity index (χ1) is 19.0. The predicted molar refractivity (Wildman–Crippen MR) is 147 cm³/mol. The Labute approximate surface area is 225 Å². The molecule has 1 fully saturated rings. The Kier molecular flexibility index (Phi) is 6.38. The summed E-state index contributed by atoms with van der Waals surface area (Å²) < 4.78 is 12.6. The molecule has 0 spiro atoms. The summed E-state index contributed by atoms with van der Waals surface area (Å²) in [7, 11) is 2.98. The molecule has 2 aromatic heterocycles. The van der Waals surface area contributed by atoms with Crippen molar-refractivity contribution in [3.63, 3.8) is 0 Å². The Morgan fingerprint density at radius 1 is 1.00 bits per heavy atom. The zero-order chi connectivity index (χ0) is 27.1. The lowest BCUT2D eigenvalue weighted by Crippen LogP contribution is -2.39. The van der Waals surface area contributed by atoms with Gasteiger partial charge in [0.05, 0.1) is 36.9 Å². The largest absolute Gasteiger partial charge is 0.493 e. The van der Waals surface area contributed by atoms with Crippen LogP contribution in [0.3, 0.4) is 0 Å². The van der Waals surface area contributed by atoms with Crippen LogP contribution in [0.25, 0.3) is 22.0 Å². The van der Waals surface area contributed by atoms with Gasteiger partial charge in [-0.05, 0) is 43.0 Å². The molecule has 0 unspecified atom stereocenters. The van der Waals surface area contributed by atoms with Gasteiger partial charge < -0.3 is 18.9 Å². The number of aromatic nitrogens is 2. The van der Waals surface area contributed by atoms with Crippen molar-refractivity contribution in [2.24, 2.45) is 0 Å². The van der Waals surface area contributed by atoms with Gasteiger partial charge in [0.15, 0.2) is 17.3 Å². The Morgan fingerprint density at radius 3 is 2.56 bits per heavy atom. The molecule has 4 aromatic rings. The second-order valence-corrected chi connectivity index (χ2v) is 9.91. The van der Waals surface area contributed by atoms with Crippen LogP contribution in [0.15, 0.2) is 65.7 Å². The average molecular weight is 524 g/mol. The molecule has 0 bridgehead atoms. The lowest BCUT2D eigenvalue weighted by atomic mass is 9.96. The van der Waals surface area contributed by atoms with E-state index in [9.17, 15) is 14.4 Å². The molecule has 8 nitrogen and oxygen atoms in total. The van der Waals surface area contributed by atoms with Crippen molar-refractivity contribution in [1.29, 1.82) is 0 Å². The number of nitrogens with zero attached hydrogens (tertiary/aromatic N) is 3. The summed E-state index contributed by atoms with van der Waals surface area (Å²) in [4.78, 5) is 47.5. The smallest absolute Gasteiger partial charge is 0.262 e. The maximum Gasteiger partial charge on any atom is 0.262 e. The number of rotatable bonds is 6. The van der Waals surface area contributed by atoms with E-state index in [0.717, 1.165) is 24.8 Å². The van der Waals surface area contributed by atoms with Crippen LogP contribution >= 0.6 is 0 Å². The molecule has 39 heavy (non-hydrogen) atoms. The zero-order valence-electron chi connectivity index (χ0n) is 22.0. The summed E-state index contributed by atoms with van der Waals surface area (Å²) in [6.07, 6.45) is 6.53. The number of likely N-dealkylation sites (tertiary alicyclic amines) is 1. The van der Waals surface area contributed by atoms with Crippen molar-refractivity contribution >= 4 is 22.5 Å². The number of fused-ring (bicyclic) bond motifs is 5. The van der Waals surface area contributed by atoms with Crippen molar-refractivity contribution in [1.82, 2.24) is 14.5 Å². The number of amides is 1. The Bertz CT molecular complexity index is 1660. The number of pyridine rings is 2. The molecule has 2 aromatic carbocycles. The highest BCUT2D eigenvalue weighted by Crippen LogP contribution is 2.43. The average Bonchev–Trinajstić information content (AvgIpc) is 3.28. The molecule has 1 aliphatic carbocycles. The number of ether oxygens (including phenoxy) is 2. The van der Waals surface area contributed by atoms with Gasteiger partial charge in [0.25, 0.3) is 5.56 Å². The minimum Gasteiger partial charge on any atom is -0.493 e. The molecule has 8 heteroatoms. The van der Waals surface area contributed by atoms with E-state index in [0.29, 0.717) is 40.1 Å². The normalized spacial score (nSPS) is 16.2. The third-order valence-electron chi connectivity index (χ3n) is 7.88. The Balaban J connectivity index is 1.45. The zero-order valence-corrected chi connectivity index (χ0v) is 22.0. The number of hydrogen-bond acceptors (Lipinski definition) is 6. The molecule has 1 amide bonds. The molecule has 1 atom stereocenters. The topological polar surface area (TPSA) is 90.7 Å². The third-order valence-corrected chi connectivity index (χ3v) is 7.88. The molecular weight excluding hydrogens is 494 g/mol. The van der Waals surface area contributed by atoms with Crippen LogP contribution in [0.2, 0.25) is 0 Å². The fraction of sp³-hybridized carbons (Fsp3) is 0.290. The molecule has 1 saturated heterocycles. The highest BCUT2D eigenvalue weighted by molar-refractivity contribution is 6.27. The molecule has 2 aliphatic rings. The van der Waals surface area contributed by atoms with Gasteiger partial charge in [0.2, 0.25) is 5.91 Å². The van der Waals surface area contributed by atoms with Crippen LogP contribution in [0.1, 0.15) is 53.2 Å². The van der Waals surface area contributed by atoms with Gasteiger partial charge in [-0.15, -0.1) is 0 Å². The molecule has 198 valence electrons. The molecule has 0 radical (unpaired) electrons. The fourth-order valence-corrected chi connectivity index (χ4v) is 6.09. The monoisotopic (exact) mass is 523 g/mol. The van der Waals surface area contributed by atoms with E-state index in [-0.39, 0.29) is 47.4 Å². The standard InChI is InChI=1S/C31H29N3O5/c1-38-24-13-12-22-26-28(20-9-3-4-10-21(20)29(26)36)34(31(37)27(22)30(24)39-2)17-14-25(35)33-16-6-5-11-23(33)19-8-7-15-32-18-19/h3-4,7-10,12-13,15,18,23H,5-6,11,14,16-17H2,1-2H3/t23-/m1/s1. The van der Waals surface area contributed by atoms with Gasteiger partial charge in [0.1, 0.15) is 0 Å². The summed E-state index contributed by atoms with van der Waals surface area (Å²) in [6.45, 7) is 0.795. The van der Waals surface area contributed by atoms with Crippen molar-refractivity contribution < 1.29 is 19.1 Å². The first-order valence-corrected chi connectivity index (χ1v) is 13.2. The number of ketones is 1. The maximum absolute atomic E-state index is 14.1.